The van der Waals surface area contributed by atoms with Gasteiger partial charge in [0.15, 0.2) is 15.9 Å². The largest absolute Gasteiger partial charge is 0.383 e. The van der Waals surface area contributed by atoms with Crippen molar-refractivity contribution in [2.45, 2.75) is 37.6 Å². The number of rotatable bonds is 8. The van der Waals surface area contributed by atoms with Crippen LogP contribution in [0.2, 0.25) is 0 Å². The number of nitrogens with two attached hydrogens (primary N) is 2. The van der Waals surface area contributed by atoms with Gasteiger partial charge in [-0.15, -0.1) is 11.8 Å². The number of nitrogens with one attached hydrogen (secondary N) is 1. The zero-order valence-corrected chi connectivity index (χ0v) is 15.2. The second-order valence-corrected chi connectivity index (χ2v) is 8.15. The third kappa shape index (κ3) is 4.27. The highest BCUT2D eigenvalue weighted by Crippen LogP contribution is 2.39. The normalized spacial score (nSPS) is 20.6. The van der Waals surface area contributed by atoms with Crippen LogP contribution in [0.25, 0.3) is 0 Å². The van der Waals surface area contributed by atoms with Crippen LogP contribution in [0.3, 0.4) is 0 Å². The van der Waals surface area contributed by atoms with Crippen molar-refractivity contribution in [3.63, 3.8) is 0 Å². The predicted molar refractivity (Wildman–Crippen MR) is 98.8 cm³/mol. The molecule has 1 unspecified atom stereocenters. The Morgan fingerprint density at radius 1 is 1.32 bits per heavy atom. The van der Waals surface area contributed by atoms with Gasteiger partial charge in [0.2, 0.25) is 0 Å². The van der Waals surface area contributed by atoms with Gasteiger partial charge in [-0.1, -0.05) is 31.1 Å². The van der Waals surface area contributed by atoms with Gasteiger partial charge in [0, 0.05) is 13.0 Å². The molecule has 0 saturated heterocycles. The number of nitrogens with zero attached hydrogens (tertiary/aromatic N) is 3. The van der Waals surface area contributed by atoms with E-state index in [9.17, 15) is 0 Å². The van der Waals surface area contributed by atoms with Crippen molar-refractivity contribution in [3.8, 4) is 0 Å². The van der Waals surface area contributed by atoms with E-state index in [1.54, 1.807) is 0 Å². The first kappa shape index (κ1) is 17.4. The summed E-state index contributed by atoms with van der Waals surface area (Å²) in [6.07, 6.45) is 4.52. The average Bonchev–Trinajstić information content (AvgIpc) is 2.82. The van der Waals surface area contributed by atoms with Gasteiger partial charge >= 0.3 is 0 Å². The lowest BCUT2D eigenvalue weighted by Crippen LogP contribution is -2.42. The molecule has 8 heteroatoms. The molecule has 0 saturated carbocycles. The number of unbranched alkanes of at least 4 members (excludes halogenated alkanes) is 2. The molecule has 22 heavy (non-hydrogen) atoms. The molecule has 1 atom stereocenters. The van der Waals surface area contributed by atoms with Crippen molar-refractivity contribution in [2.24, 2.45) is 10.7 Å². The van der Waals surface area contributed by atoms with E-state index < -0.39 is 4.99 Å². The number of amidine groups is 1. The zero-order chi connectivity index (χ0) is 16.2. The molecule has 0 amide bonds. The van der Waals surface area contributed by atoms with Crippen molar-refractivity contribution in [2.75, 3.05) is 37.4 Å². The Balaban J connectivity index is 2.16. The summed E-state index contributed by atoms with van der Waals surface area (Å²) in [6, 6.07) is 0. The topological polar surface area (TPSA) is 92.6 Å². The number of thiazole rings is 1. The van der Waals surface area contributed by atoms with Crippen molar-refractivity contribution >= 4 is 39.9 Å². The first-order valence-electron chi connectivity index (χ1n) is 7.64. The summed E-state index contributed by atoms with van der Waals surface area (Å²) >= 11 is 3.21. The second kappa shape index (κ2) is 7.52. The highest BCUT2D eigenvalue weighted by molar-refractivity contribution is 8.00. The maximum Gasteiger partial charge on any atom is 0.182 e. The van der Waals surface area contributed by atoms with Crippen molar-refractivity contribution < 1.29 is 0 Å². The molecule has 0 fully saturated rings. The number of aromatic nitrogens is 1. The van der Waals surface area contributed by atoms with E-state index in [2.05, 4.69) is 36.2 Å². The summed E-state index contributed by atoms with van der Waals surface area (Å²) < 4.78 is 0. The van der Waals surface area contributed by atoms with Gasteiger partial charge in [-0.25, -0.2) is 9.98 Å². The van der Waals surface area contributed by atoms with Crippen LogP contribution < -0.4 is 16.8 Å². The lowest BCUT2D eigenvalue weighted by Gasteiger charge is -2.34. The molecular weight excluding hydrogens is 316 g/mol. The summed E-state index contributed by atoms with van der Waals surface area (Å²) in [5, 5.41) is 4.01. The van der Waals surface area contributed by atoms with Gasteiger partial charge in [0.05, 0.1) is 0 Å². The second-order valence-electron chi connectivity index (χ2n) is 5.75. The minimum Gasteiger partial charge on any atom is -0.383 e. The number of hydrogen-bond acceptors (Lipinski definition) is 8. The molecule has 124 valence electrons. The van der Waals surface area contributed by atoms with E-state index in [4.69, 9.17) is 16.5 Å². The minimum absolute atomic E-state index is 0.435. The van der Waals surface area contributed by atoms with E-state index in [-0.39, 0.29) is 0 Å². The van der Waals surface area contributed by atoms with Crippen LogP contribution in [0, 0.1) is 0 Å². The van der Waals surface area contributed by atoms with Crippen LogP contribution in [0.4, 0.5) is 10.9 Å². The summed E-state index contributed by atoms with van der Waals surface area (Å²) in [7, 11) is 4.13. The first-order chi connectivity index (χ1) is 10.5. The van der Waals surface area contributed by atoms with E-state index in [1.165, 1.54) is 30.6 Å². The van der Waals surface area contributed by atoms with Gasteiger partial charge in [0.25, 0.3) is 0 Å². The molecule has 1 aliphatic rings. The van der Waals surface area contributed by atoms with Crippen LogP contribution >= 0.6 is 23.1 Å². The van der Waals surface area contributed by atoms with E-state index in [0.717, 1.165) is 29.4 Å². The molecule has 0 spiro atoms. The standard InChI is InChI=1S/C14H26N6S2/c1-4-5-6-9-21-14(7-8-20(2)3)18-11(15)10-12(19-14)17-13(16)22-10/h19H,4-9H2,1-3H3,(H2,15,18)(H2,16,17). The minimum atomic E-state index is -0.435. The molecule has 1 aromatic rings. The van der Waals surface area contributed by atoms with Crippen LogP contribution in [0.5, 0.6) is 0 Å². The summed E-state index contributed by atoms with van der Waals surface area (Å²) in [5.41, 5.74) is 12.0. The molecule has 1 aromatic heterocycles. The van der Waals surface area contributed by atoms with Gasteiger partial charge in [0.1, 0.15) is 10.7 Å². The molecule has 0 bridgehead atoms. The molecule has 0 aromatic carbocycles. The summed E-state index contributed by atoms with van der Waals surface area (Å²) in [4.78, 5) is 11.7. The van der Waals surface area contributed by atoms with Crippen LogP contribution in [-0.4, -0.2) is 47.1 Å². The number of thioether (sulfide) groups is 1. The van der Waals surface area contributed by atoms with Crippen molar-refractivity contribution in [1.29, 1.82) is 0 Å². The van der Waals surface area contributed by atoms with Crippen LogP contribution in [0.1, 0.15) is 37.5 Å². The SMILES string of the molecule is CCCCCSC1(CCN(C)C)N=C(N)c2sc(N)nc2N1. The predicted octanol–water partition coefficient (Wildman–Crippen LogP) is 2.39. The zero-order valence-electron chi connectivity index (χ0n) is 13.6. The number of aliphatic imine (C=N–C) groups is 1. The van der Waals surface area contributed by atoms with Gasteiger partial charge in [-0.2, -0.15) is 0 Å². The molecule has 6 nitrogen and oxygen atoms in total. The van der Waals surface area contributed by atoms with E-state index >= 15 is 0 Å². The van der Waals surface area contributed by atoms with Gasteiger partial charge < -0.3 is 21.7 Å². The van der Waals surface area contributed by atoms with Crippen LogP contribution in [-0.2, 0) is 0 Å². The molecule has 1 aliphatic heterocycles. The molecule has 2 rings (SSSR count). The highest BCUT2D eigenvalue weighted by Gasteiger charge is 2.36. The fourth-order valence-corrected chi connectivity index (χ4v) is 4.22. The lowest BCUT2D eigenvalue weighted by atomic mass is 10.2. The first-order valence-corrected chi connectivity index (χ1v) is 9.45. The Labute approximate surface area is 140 Å². The summed E-state index contributed by atoms with van der Waals surface area (Å²) in [5.74, 6) is 2.38. The van der Waals surface area contributed by atoms with E-state index in [1.807, 2.05) is 11.8 Å². The maximum atomic E-state index is 6.17. The molecule has 2 heterocycles. The summed E-state index contributed by atoms with van der Waals surface area (Å²) in [6.45, 7) is 3.14. The van der Waals surface area contributed by atoms with E-state index in [0.29, 0.717) is 11.0 Å². The highest BCUT2D eigenvalue weighted by atomic mass is 32.2. The number of anilines is 2. The third-order valence-corrected chi connectivity index (χ3v) is 5.75. The molecule has 5 N–H and O–H groups in total. The lowest BCUT2D eigenvalue weighted by molar-refractivity contribution is 0.379. The van der Waals surface area contributed by atoms with Crippen molar-refractivity contribution in [3.05, 3.63) is 4.88 Å². The average molecular weight is 343 g/mol. The monoisotopic (exact) mass is 342 g/mol. The molecule has 0 aliphatic carbocycles. The molecular formula is C14H26N6S2. The quantitative estimate of drug-likeness (QED) is 0.628. The Kier molecular flexibility index (Phi) is 5.94. The molecule has 0 radical (unpaired) electrons. The number of hydrogen-bond donors (Lipinski definition) is 3. The van der Waals surface area contributed by atoms with Gasteiger partial charge in [-0.05, 0) is 26.3 Å². The Morgan fingerprint density at radius 2 is 2.09 bits per heavy atom. The smallest absolute Gasteiger partial charge is 0.182 e. The number of fused-ring (bicyclic) bond motifs is 1. The Bertz CT molecular complexity index is 527. The third-order valence-electron chi connectivity index (χ3n) is 3.48. The number of nitrogen functional groups attached to an aromatic ring is 1. The Morgan fingerprint density at radius 3 is 2.77 bits per heavy atom. The van der Waals surface area contributed by atoms with Crippen LogP contribution in [0.15, 0.2) is 4.99 Å². The van der Waals surface area contributed by atoms with Gasteiger partial charge in [-0.3, -0.25) is 0 Å². The maximum absolute atomic E-state index is 6.17. The van der Waals surface area contributed by atoms with Crippen molar-refractivity contribution in [1.82, 2.24) is 9.88 Å². The fraction of sp³-hybridized carbons (Fsp3) is 0.714. The Hall–Kier alpha value is -0.990. The fourth-order valence-electron chi connectivity index (χ4n) is 2.28.